The van der Waals surface area contributed by atoms with Crippen molar-refractivity contribution in [2.45, 2.75) is 18.1 Å². The second kappa shape index (κ2) is 4.30. The number of hydrogen-bond acceptors (Lipinski definition) is 4. The summed E-state index contributed by atoms with van der Waals surface area (Å²) in [5, 5.41) is 8.36. The van der Waals surface area contributed by atoms with E-state index in [1.807, 2.05) is 18.6 Å². The molecule has 7 heteroatoms. The number of nitrogens with one attached hydrogen (secondary N) is 1. The quantitative estimate of drug-likeness (QED) is 0.824. The number of carboxylic acids is 1. The van der Waals surface area contributed by atoms with Crippen LogP contribution in [0.4, 0.5) is 0 Å². The number of carboxylic acid groups (broad SMARTS) is 1. The van der Waals surface area contributed by atoms with Crippen LogP contribution in [-0.2, 0) is 14.8 Å². The van der Waals surface area contributed by atoms with Crippen LogP contribution in [0.25, 0.3) is 0 Å². The van der Waals surface area contributed by atoms with E-state index in [9.17, 15) is 13.2 Å². The average Bonchev–Trinajstić information content (AvgIpc) is 2.45. The average molecular weight is 249 g/mol. The van der Waals surface area contributed by atoms with Gasteiger partial charge in [-0.2, -0.15) is 4.72 Å². The van der Waals surface area contributed by atoms with Crippen LogP contribution in [0.15, 0.2) is 10.3 Å². The molecule has 1 rings (SSSR count). The Morgan fingerprint density at radius 1 is 1.53 bits per heavy atom. The van der Waals surface area contributed by atoms with Crippen molar-refractivity contribution >= 4 is 27.3 Å². The van der Waals surface area contributed by atoms with Gasteiger partial charge in [0.15, 0.2) is 0 Å². The molecular weight excluding hydrogens is 238 g/mol. The summed E-state index contributed by atoms with van der Waals surface area (Å²) >= 11 is 1.13. The minimum absolute atomic E-state index is 0.152. The molecule has 0 unspecified atom stereocenters. The van der Waals surface area contributed by atoms with Crippen LogP contribution in [0.2, 0.25) is 0 Å². The molecular formula is C8H11NO4S2. The van der Waals surface area contributed by atoms with Crippen molar-refractivity contribution in [3.05, 3.63) is 16.5 Å². The zero-order chi connectivity index (χ0) is 11.6. The fourth-order valence-corrected chi connectivity index (χ4v) is 3.44. The number of thiophene rings is 1. The smallest absolute Gasteiger partial charge is 0.318 e. The SMILES string of the molecule is Cc1cc(S(=O)(=O)NCC(=O)O)sc1C. The van der Waals surface area contributed by atoms with Gasteiger partial charge in [0, 0.05) is 4.88 Å². The van der Waals surface area contributed by atoms with Crippen molar-refractivity contribution in [1.82, 2.24) is 4.72 Å². The van der Waals surface area contributed by atoms with Crippen LogP contribution in [0.5, 0.6) is 0 Å². The molecule has 2 N–H and O–H groups in total. The van der Waals surface area contributed by atoms with E-state index in [2.05, 4.69) is 0 Å². The lowest BCUT2D eigenvalue weighted by Crippen LogP contribution is -2.28. The molecule has 0 aliphatic carbocycles. The lowest BCUT2D eigenvalue weighted by atomic mass is 10.3. The van der Waals surface area contributed by atoms with Crippen LogP contribution in [-0.4, -0.2) is 26.0 Å². The van der Waals surface area contributed by atoms with E-state index in [-0.39, 0.29) is 4.21 Å². The Hall–Kier alpha value is -0.920. The lowest BCUT2D eigenvalue weighted by Gasteiger charge is -2.00. The third-order valence-corrected chi connectivity index (χ3v) is 4.85. The monoisotopic (exact) mass is 249 g/mol. The zero-order valence-corrected chi connectivity index (χ0v) is 9.91. The summed E-state index contributed by atoms with van der Waals surface area (Å²) in [4.78, 5) is 11.1. The molecule has 0 amide bonds. The number of sulfonamides is 1. The van der Waals surface area contributed by atoms with Crippen molar-refractivity contribution in [2.75, 3.05) is 6.54 Å². The standard InChI is InChI=1S/C8H11NO4S2/c1-5-3-8(14-6(5)2)15(12,13)9-4-7(10)11/h3,9H,4H2,1-2H3,(H,10,11). The number of carbonyl (C=O) groups is 1. The molecule has 0 saturated carbocycles. The summed E-state index contributed by atoms with van der Waals surface area (Å²) in [6.07, 6.45) is 0. The van der Waals surface area contributed by atoms with Gasteiger partial charge in [0.25, 0.3) is 10.0 Å². The van der Waals surface area contributed by atoms with Gasteiger partial charge in [-0.3, -0.25) is 4.79 Å². The molecule has 1 heterocycles. The molecule has 0 bridgehead atoms. The molecule has 1 aromatic heterocycles. The minimum Gasteiger partial charge on any atom is -0.480 e. The molecule has 0 atom stereocenters. The Bertz CT molecular complexity index is 455. The molecule has 0 fully saturated rings. The van der Waals surface area contributed by atoms with Gasteiger partial charge in [-0.05, 0) is 25.5 Å². The molecule has 0 aliphatic heterocycles. The van der Waals surface area contributed by atoms with Crippen molar-refractivity contribution in [3.8, 4) is 0 Å². The fraction of sp³-hybridized carbons (Fsp3) is 0.375. The van der Waals surface area contributed by atoms with Gasteiger partial charge < -0.3 is 5.11 Å². The third-order valence-electron chi connectivity index (χ3n) is 1.82. The van der Waals surface area contributed by atoms with Gasteiger partial charge in [0.05, 0.1) is 0 Å². The van der Waals surface area contributed by atoms with Gasteiger partial charge in [0.1, 0.15) is 10.8 Å². The van der Waals surface area contributed by atoms with Gasteiger partial charge in [-0.1, -0.05) is 0 Å². The summed E-state index contributed by atoms with van der Waals surface area (Å²) in [6, 6.07) is 1.53. The van der Waals surface area contributed by atoms with Crippen molar-refractivity contribution in [3.63, 3.8) is 0 Å². The predicted octanol–water partition coefficient (Wildman–Crippen LogP) is 0.728. The number of aryl methyl sites for hydroxylation is 2. The van der Waals surface area contributed by atoms with Crippen molar-refractivity contribution < 1.29 is 18.3 Å². The second-order valence-corrected chi connectivity index (χ2v) is 6.27. The zero-order valence-electron chi connectivity index (χ0n) is 8.27. The Balaban J connectivity index is 2.91. The summed E-state index contributed by atoms with van der Waals surface area (Å²) < 4.78 is 25.2. The first-order valence-electron chi connectivity index (χ1n) is 4.11. The maximum atomic E-state index is 11.5. The van der Waals surface area contributed by atoms with Crippen molar-refractivity contribution in [2.24, 2.45) is 0 Å². The summed E-state index contributed by atoms with van der Waals surface area (Å²) in [6.45, 7) is 3.02. The van der Waals surface area contributed by atoms with Crippen LogP contribution in [0, 0.1) is 13.8 Å². The largest absolute Gasteiger partial charge is 0.480 e. The maximum absolute atomic E-state index is 11.5. The van der Waals surface area contributed by atoms with E-state index in [1.165, 1.54) is 6.07 Å². The molecule has 0 aliphatic rings. The molecule has 0 radical (unpaired) electrons. The van der Waals surface area contributed by atoms with Crippen LogP contribution in [0.3, 0.4) is 0 Å². The van der Waals surface area contributed by atoms with Crippen LogP contribution >= 0.6 is 11.3 Å². The molecule has 0 saturated heterocycles. The van der Waals surface area contributed by atoms with Crippen molar-refractivity contribution in [1.29, 1.82) is 0 Å². The first kappa shape index (κ1) is 12.2. The number of rotatable bonds is 4. The predicted molar refractivity (Wildman–Crippen MR) is 56.6 cm³/mol. The molecule has 1 aromatic rings. The first-order valence-corrected chi connectivity index (χ1v) is 6.41. The highest BCUT2D eigenvalue weighted by Gasteiger charge is 2.18. The summed E-state index contributed by atoms with van der Waals surface area (Å²) in [5.74, 6) is -1.21. The van der Waals surface area contributed by atoms with E-state index in [1.54, 1.807) is 0 Å². The first-order chi connectivity index (χ1) is 6.83. The Morgan fingerprint density at radius 2 is 2.13 bits per heavy atom. The van der Waals surface area contributed by atoms with E-state index >= 15 is 0 Å². The molecule has 84 valence electrons. The van der Waals surface area contributed by atoms with Crippen LogP contribution < -0.4 is 4.72 Å². The van der Waals surface area contributed by atoms with E-state index in [0.717, 1.165) is 21.8 Å². The summed E-state index contributed by atoms with van der Waals surface area (Å²) in [7, 11) is -3.67. The fourth-order valence-electron chi connectivity index (χ4n) is 0.900. The Labute approximate surface area is 91.8 Å². The maximum Gasteiger partial charge on any atom is 0.318 e. The van der Waals surface area contributed by atoms with E-state index < -0.39 is 22.5 Å². The third kappa shape index (κ3) is 3.01. The van der Waals surface area contributed by atoms with Crippen LogP contribution in [0.1, 0.15) is 10.4 Å². The Kier molecular flexibility index (Phi) is 3.48. The summed E-state index contributed by atoms with van der Waals surface area (Å²) in [5.41, 5.74) is 0.885. The van der Waals surface area contributed by atoms with E-state index in [0.29, 0.717) is 0 Å². The minimum atomic E-state index is -3.67. The topological polar surface area (TPSA) is 83.5 Å². The van der Waals surface area contributed by atoms with Gasteiger partial charge >= 0.3 is 5.97 Å². The highest BCUT2D eigenvalue weighted by molar-refractivity contribution is 7.91. The van der Waals surface area contributed by atoms with Gasteiger partial charge in [-0.15, -0.1) is 11.3 Å². The van der Waals surface area contributed by atoms with E-state index in [4.69, 9.17) is 5.11 Å². The second-order valence-electron chi connectivity index (χ2n) is 3.02. The molecule has 15 heavy (non-hydrogen) atoms. The molecule has 0 aromatic carbocycles. The normalized spacial score (nSPS) is 11.6. The highest BCUT2D eigenvalue weighted by Crippen LogP contribution is 2.24. The number of hydrogen-bond donors (Lipinski definition) is 2. The molecule has 0 spiro atoms. The number of aliphatic carboxylic acids is 1. The Morgan fingerprint density at radius 3 is 2.53 bits per heavy atom. The van der Waals surface area contributed by atoms with Gasteiger partial charge in [0.2, 0.25) is 0 Å². The highest BCUT2D eigenvalue weighted by atomic mass is 32.2. The van der Waals surface area contributed by atoms with Gasteiger partial charge in [-0.25, -0.2) is 8.42 Å². The molecule has 5 nitrogen and oxygen atoms in total. The lowest BCUT2D eigenvalue weighted by molar-refractivity contribution is -0.135.